The second-order valence-corrected chi connectivity index (χ2v) is 4.35. The highest BCUT2D eigenvalue weighted by Gasteiger charge is 2.22. The zero-order valence-electron chi connectivity index (χ0n) is 10.4. The Hall–Kier alpha value is -1.92. The highest BCUT2D eigenvalue weighted by Crippen LogP contribution is 2.10. The van der Waals surface area contributed by atoms with Crippen molar-refractivity contribution in [2.75, 3.05) is 19.8 Å². The Balaban J connectivity index is 1.60. The number of nitrogens with zero attached hydrogens (tertiary/aromatic N) is 1. The summed E-state index contributed by atoms with van der Waals surface area (Å²) in [6, 6.07) is 7.75. The molecule has 19 heavy (non-hydrogen) atoms. The maximum Gasteiger partial charge on any atom is 0.251 e. The number of benzene rings is 1. The van der Waals surface area contributed by atoms with E-state index in [2.05, 4.69) is 15.3 Å². The molecule has 1 saturated heterocycles. The molecule has 1 atom stereocenters. The minimum atomic E-state index is -0.516. The van der Waals surface area contributed by atoms with E-state index in [4.69, 9.17) is 9.47 Å². The molecule has 6 heteroatoms. The average Bonchev–Trinajstić information content (AvgIpc) is 2.88. The largest absolute Gasteiger partial charge is 0.376 e. The number of amides is 1. The average molecular weight is 261 g/mol. The number of carbonyl (C=O) groups excluding carboxylic acids is 1. The first-order valence-electron chi connectivity index (χ1n) is 6.23. The number of rotatable bonds is 3. The third-order valence-corrected chi connectivity index (χ3v) is 2.98. The van der Waals surface area contributed by atoms with Gasteiger partial charge in [0.25, 0.3) is 5.91 Å². The van der Waals surface area contributed by atoms with Crippen LogP contribution in [0.5, 0.6) is 0 Å². The lowest BCUT2D eigenvalue weighted by molar-refractivity contribution is -0.147. The van der Waals surface area contributed by atoms with Crippen molar-refractivity contribution in [3.05, 3.63) is 30.1 Å². The van der Waals surface area contributed by atoms with Crippen LogP contribution >= 0.6 is 0 Å². The van der Waals surface area contributed by atoms with E-state index in [-0.39, 0.29) is 5.91 Å². The zero-order chi connectivity index (χ0) is 13.1. The molecule has 0 spiro atoms. The van der Waals surface area contributed by atoms with Crippen molar-refractivity contribution < 1.29 is 14.3 Å². The number of para-hydroxylation sites is 2. The van der Waals surface area contributed by atoms with Crippen LogP contribution in [0.25, 0.3) is 11.0 Å². The quantitative estimate of drug-likeness (QED) is 0.848. The van der Waals surface area contributed by atoms with Gasteiger partial charge < -0.3 is 19.8 Å². The molecule has 1 amide bonds. The van der Waals surface area contributed by atoms with E-state index < -0.39 is 6.10 Å². The summed E-state index contributed by atoms with van der Waals surface area (Å²) in [4.78, 5) is 19.4. The molecule has 0 saturated carbocycles. The second-order valence-electron chi connectivity index (χ2n) is 4.35. The van der Waals surface area contributed by atoms with Crippen molar-refractivity contribution in [3.8, 4) is 0 Å². The first-order valence-corrected chi connectivity index (χ1v) is 6.23. The summed E-state index contributed by atoms with van der Waals surface area (Å²) in [7, 11) is 0. The van der Waals surface area contributed by atoms with E-state index in [1.54, 1.807) is 0 Å². The van der Waals surface area contributed by atoms with Gasteiger partial charge in [-0.05, 0) is 12.1 Å². The molecule has 1 aliphatic heterocycles. The Morgan fingerprint density at radius 2 is 2.32 bits per heavy atom. The van der Waals surface area contributed by atoms with Crippen molar-refractivity contribution in [1.29, 1.82) is 0 Å². The monoisotopic (exact) mass is 261 g/mol. The molecule has 3 rings (SSSR count). The van der Waals surface area contributed by atoms with Crippen LogP contribution in [0.2, 0.25) is 0 Å². The van der Waals surface area contributed by atoms with Gasteiger partial charge in [0.05, 0.1) is 37.4 Å². The summed E-state index contributed by atoms with van der Waals surface area (Å²) in [5.41, 5.74) is 1.85. The summed E-state index contributed by atoms with van der Waals surface area (Å²) >= 11 is 0. The fourth-order valence-electron chi connectivity index (χ4n) is 2.01. The number of carbonyl (C=O) groups is 1. The van der Waals surface area contributed by atoms with Gasteiger partial charge in [-0.15, -0.1) is 0 Å². The van der Waals surface area contributed by atoms with Gasteiger partial charge in [-0.2, -0.15) is 0 Å². The van der Waals surface area contributed by atoms with Crippen LogP contribution in [0, 0.1) is 0 Å². The van der Waals surface area contributed by atoms with Gasteiger partial charge >= 0.3 is 0 Å². The van der Waals surface area contributed by atoms with Crippen LogP contribution in [0.15, 0.2) is 24.3 Å². The molecule has 1 fully saturated rings. The molecule has 6 nitrogen and oxygen atoms in total. The number of aromatic amines is 1. The Labute approximate surface area is 110 Å². The zero-order valence-corrected chi connectivity index (χ0v) is 10.4. The number of H-pyrrole nitrogens is 1. The minimum absolute atomic E-state index is 0.167. The maximum absolute atomic E-state index is 11.8. The molecule has 0 radical (unpaired) electrons. The number of aromatic nitrogens is 2. The van der Waals surface area contributed by atoms with E-state index in [1.807, 2.05) is 24.3 Å². The number of hydrogen-bond donors (Lipinski definition) is 2. The Bertz CT molecular complexity index is 542. The number of ether oxygens (including phenoxy) is 2. The summed E-state index contributed by atoms with van der Waals surface area (Å²) < 4.78 is 10.5. The second kappa shape index (κ2) is 5.38. The highest BCUT2D eigenvalue weighted by atomic mass is 16.6. The predicted molar refractivity (Wildman–Crippen MR) is 68.5 cm³/mol. The number of nitrogens with one attached hydrogen (secondary N) is 2. The Morgan fingerprint density at radius 3 is 3.11 bits per heavy atom. The molecule has 2 aromatic rings. The number of imidazole rings is 1. The van der Waals surface area contributed by atoms with Gasteiger partial charge in [0.2, 0.25) is 0 Å². The topological polar surface area (TPSA) is 76.2 Å². The predicted octanol–water partition coefficient (Wildman–Crippen LogP) is 0.594. The lowest BCUT2D eigenvalue weighted by atomic mass is 10.3. The molecule has 1 aliphatic rings. The van der Waals surface area contributed by atoms with E-state index in [0.29, 0.717) is 26.4 Å². The molecule has 0 aliphatic carbocycles. The minimum Gasteiger partial charge on any atom is -0.376 e. The van der Waals surface area contributed by atoms with E-state index >= 15 is 0 Å². The van der Waals surface area contributed by atoms with Crippen LogP contribution < -0.4 is 5.32 Å². The summed E-state index contributed by atoms with van der Waals surface area (Å²) in [6.07, 6.45) is -0.516. The van der Waals surface area contributed by atoms with Crippen molar-refractivity contribution in [2.45, 2.75) is 12.6 Å². The van der Waals surface area contributed by atoms with Crippen LogP contribution in [0.1, 0.15) is 5.82 Å². The van der Waals surface area contributed by atoms with Gasteiger partial charge in [0, 0.05) is 0 Å². The van der Waals surface area contributed by atoms with Crippen molar-refractivity contribution in [1.82, 2.24) is 15.3 Å². The molecular formula is C13H15N3O3. The molecule has 2 heterocycles. The van der Waals surface area contributed by atoms with E-state index in [1.165, 1.54) is 0 Å². The first kappa shape index (κ1) is 12.1. The Morgan fingerprint density at radius 1 is 1.42 bits per heavy atom. The standard InChI is InChI=1S/C13H15N3O3/c17-13(11-8-18-5-6-19-11)14-7-12-15-9-3-1-2-4-10(9)16-12/h1-4,11H,5-8H2,(H,14,17)(H,15,16). The van der Waals surface area contributed by atoms with Crippen molar-refractivity contribution >= 4 is 16.9 Å². The fourth-order valence-corrected chi connectivity index (χ4v) is 2.01. The molecule has 1 aromatic carbocycles. The molecule has 2 N–H and O–H groups in total. The SMILES string of the molecule is O=C(NCc1nc2ccccc2[nH]1)C1COCCO1. The van der Waals surface area contributed by atoms with Gasteiger partial charge in [0.1, 0.15) is 5.82 Å². The van der Waals surface area contributed by atoms with Gasteiger partial charge in [-0.3, -0.25) is 4.79 Å². The smallest absolute Gasteiger partial charge is 0.251 e. The molecule has 1 aromatic heterocycles. The summed E-state index contributed by atoms with van der Waals surface area (Å²) in [6.45, 7) is 1.68. The van der Waals surface area contributed by atoms with Crippen molar-refractivity contribution in [3.63, 3.8) is 0 Å². The fraction of sp³-hybridized carbons (Fsp3) is 0.385. The third kappa shape index (κ3) is 2.74. The van der Waals surface area contributed by atoms with Gasteiger partial charge in [-0.25, -0.2) is 4.98 Å². The third-order valence-electron chi connectivity index (χ3n) is 2.98. The number of hydrogen-bond acceptors (Lipinski definition) is 4. The maximum atomic E-state index is 11.8. The van der Waals surface area contributed by atoms with Crippen LogP contribution in [0.3, 0.4) is 0 Å². The highest BCUT2D eigenvalue weighted by molar-refractivity contribution is 5.81. The van der Waals surface area contributed by atoms with E-state index in [9.17, 15) is 4.79 Å². The lowest BCUT2D eigenvalue weighted by Gasteiger charge is -2.21. The van der Waals surface area contributed by atoms with Crippen LogP contribution in [-0.4, -0.2) is 41.8 Å². The number of fused-ring (bicyclic) bond motifs is 1. The Kier molecular flexibility index (Phi) is 3.43. The molecule has 0 bridgehead atoms. The first-order chi connectivity index (χ1) is 9.33. The summed E-state index contributed by atoms with van der Waals surface area (Å²) in [5, 5.41) is 2.79. The van der Waals surface area contributed by atoms with Gasteiger partial charge in [0.15, 0.2) is 6.10 Å². The van der Waals surface area contributed by atoms with Crippen LogP contribution in [0.4, 0.5) is 0 Å². The van der Waals surface area contributed by atoms with Crippen LogP contribution in [-0.2, 0) is 20.8 Å². The van der Waals surface area contributed by atoms with E-state index in [0.717, 1.165) is 16.9 Å². The summed E-state index contributed by atoms with van der Waals surface area (Å²) in [5.74, 6) is 0.562. The molecule has 100 valence electrons. The molecular weight excluding hydrogens is 246 g/mol. The lowest BCUT2D eigenvalue weighted by Crippen LogP contribution is -2.42. The van der Waals surface area contributed by atoms with Crippen molar-refractivity contribution in [2.24, 2.45) is 0 Å². The van der Waals surface area contributed by atoms with Gasteiger partial charge in [-0.1, -0.05) is 12.1 Å². The molecule has 1 unspecified atom stereocenters. The normalized spacial score (nSPS) is 19.5.